The Hall–Kier alpha value is -1.06. The molecule has 3 nitrogen and oxygen atoms in total. The van der Waals surface area contributed by atoms with Gasteiger partial charge in [-0.1, -0.05) is 30.7 Å². The van der Waals surface area contributed by atoms with Crippen molar-refractivity contribution in [3.05, 3.63) is 34.9 Å². The number of halogens is 1. The fourth-order valence-electron chi connectivity index (χ4n) is 1.69. The standard InChI is InChI=1S/C14H21ClN2O/c1-4-13(16)9-14(18)17(3)10(2)11-5-7-12(15)8-6-11/h5-8,10,13H,4,9,16H2,1-3H3. The lowest BCUT2D eigenvalue weighted by molar-refractivity contribution is -0.132. The van der Waals surface area contributed by atoms with Gasteiger partial charge in [-0.3, -0.25) is 4.79 Å². The van der Waals surface area contributed by atoms with Crippen molar-refractivity contribution >= 4 is 17.5 Å². The van der Waals surface area contributed by atoms with Crippen molar-refractivity contribution in [3.8, 4) is 0 Å². The summed E-state index contributed by atoms with van der Waals surface area (Å²) in [6.45, 7) is 3.99. The zero-order valence-electron chi connectivity index (χ0n) is 11.2. The predicted octanol–water partition coefficient (Wildman–Crippen LogP) is 2.99. The highest BCUT2D eigenvalue weighted by atomic mass is 35.5. The summed E-state index contributed by atoms with van der Waals surface area (Å²) in [5.41, 5.74) is 6.88. The Morgan fingerprint density at radius 1 is 1.39 bits per heavy atom. The van der Waals surface area contributed by atoms with E-state index in [-0.39, 0.29) is 18.0 Å². The number of carbonyl (C=O) groups excluding carboxylic acids is 1. The van der Waals surface area contributed by atoms with Gasteiger partial charge in [-0.25, -0.2) is 0 Å². The van der Waals surface area contributed by atoms with Crippen molar-refractivity contribution in [1.82, 2.24) is 4.90 Å². The molecule has 0 aromatic heterocycles. The fraction of sp³-hybridized carbons (Fsp3) is 0.500. The van der Waals surface area contributed by atoms with Crippen LogP contribution in [0.4, 0.5) is 0 Å². The molecule has 0 aliphatic carbocycles. The van der Waals surface area contributed by atoms with Gasteiger partial charge in [0.2, 0.25) is 5.91 Å². The van der Waals surface area contributed by atoms with Gasteiger partial charge in [0.25, 0.3) is 0 Å². The largest absolute Gasteiger partial charge is 0.339 e. The SMILES string of the molecule is CCC(N)CC(=O)N(C)C(C)c1ccc(Cl)cc1. The lowest BCUT2D eigenvalue weighted by Gasteiger charge is -2.26. The molecule has 1 aromatic rings. The highest BCUT2D eigenvalue weighted by molar-refractivity contribution is 6.30. The number of nitrogens with zero attached hydrogens (tertiary/aromatic N) is 1. The van der Waals surface area contributed by atoms with Crippen LogP contribution >= 0.6 is 11.6 Å². The van der Waals surface area contributed by atoms with Crippen molar-refractivity contribution in [2.75, 3.05) is 7.05 Å². The minimum Gasteiger partial charge on any atom is -0.339 e. The second kappa shape index (κ2) is 6.76. The lowest BCUT2D eigenvalue weighted by Crippen LogP contribution is -2.34. The number of carbonyl (C=O) groups is 1. The summed E-state index contributed by atoms with van der Waals surface area (Å²) in [7, 11) is 1.81. The van der Waals surface area contributed by atoms with Crippen molar-refractivity contribution < 1.29 is 4.79 Å². The molecule has 4 heteroatoms. The highest BCUT2D eigenvalue weighted by Crippen LogP contribution is 2.21. The third-order valence-corrected chi connectivity index (χ3v) is 3.54. The molecule has 0 aliphatic heterocycles. The highest BCUT2D eigenvalue weighted by Gasteiger charge is 2.18. The Balaban J connectivity index is 2.68. The number of benzene rings is 1. The van der Waals surface area contributed by atoms with Crippen molar-refractivity contribution in [2.45, 2.75) is 38.8 Å². The molecule has 0 spiro atoms. The number of rotatable bonds is 5. The number of amides is 1. The maximum Gasteiger partial charge on any atom is 0.224 e. The minimum atomic E-state index is -0.0580. The van der Waals surface area contributed by atoms with Crippen LogP contribution in [-0.2, 0) is 4.79 Å². The molecule has 0 fully saturated rings. The molecule has 1 rings (SSSR count). The van der Waals surface area contributed by atoms with E-state index in [2.05, 4.69) is 0 Å². The minimum absolute atomic E-state index is 0.0267. The Bertz CT molecular complexity index is 391. The summed E-state index contributed by atoms with van der Waals surface area (Å²) in [5.74, 6) is 0.0757. The topological polar surface area (TPSA) is 46.3 Å². The molecule has 0 saturated carbocycles. The molecule has 0 aliphatic rings. The molecule has 0 saturated heterocycles. The average molecular weight is 269 g/mol. The molecule has 0 radical (unpaired) electrons. The van der Waals surface area contributed by atoms with Crippen molar-refractivity contribution in [3.63, 3.8) is 0 Å². The molecule has 0 heterocycles. The van der Waals surface area contributed by atoms with Crippen LogP contribution in [0.25, 0.3) is 0 Å². The van der Waals surface area contributed by atoms with Crippen LogP contribution in [0.15, 0.2) is 24.3 Å². The maximum absolute atomic E-state index is 12.0. The second-order valence-corrected chi connectivity index (χ2v) is 5.04. The molecule has 18 heavy (non-hydrogen) atoms. The Morgan fingerprint density at radius 2 is 1.94 bits per heavy atom. The summed E-state index contributed by atoms with van der Waals surface area (Å²) >= 11 is 5.85. The van der Waals surface area contributed by atoms with E-state index in [1.165, 1.54) is 0 Å². The Morgan fingerprint density at radius 3 is 2.44 bits per heavy atom. The molecular weight excluding hydrogens is 248 g/mol. The van der Waals surface area contributed by atoms with Gasteiger partial charge >= 0.3 is 0 Å². The monoisotopic (exact) mass is 268 g/mol. The van der Waals surface area contributed by atoms with Crippen LogP contribution in [0.3, 0.4) is 0 Å². The van der Waals surface area contributed by atoms with E-state index in [0.29, 0.717) is 11.4 Å². The predicted molar refractivity (Wildman–Crippen MR) is 75.5 cm³/mol. The van der Waals surface area contributed by atoms with E-state index >= 15 is 0 Å². The number of hydrogen-bond donors (Lipinski definition) is 1. The van der Waals surface area contributed by atoms with Gasteiger partial charge in [-0.15, -0.1) is 0 Å². The van der Waals surface area contributed by atoms with Crippen molar-refractivity contribution in [1.29, 1.82) is 0 Å². The summed E-state index contributed by atoms with van der Waals surface area (Å²) in [4.78, 5) is 13.7. The first kappa shape index (κ1) is 15.0. The van der Waals surface area contributed by atoms with Gasteiger partial charge in [-0.2, -0.15) is 0 Å². The summed E-state index contributed by atoms with van der Waals surface area (Å²) < 4.78 is 0. The quantitative estimate of drug-likeness (QED) is 0.892. The molecule has 2 atom stereocenters. The molecule has 2 unspecified atom stereocenters. The van der Waals surface area contributed by atoms with Gasteiger partial charge < -0.3 is 10.6 Å². The summed E-state index contributed by atoms with van der Waals surface area (Å²) in [5, 5.41) is 0.702. The average Bonchev–Trinajstić information content (AvgIpc) is 2.37. The van der Waals surface area contributed by atoms with E-state index in [4.69, 9.17) is 17.3 Å². The smallest absolute Gasteiger partial charge is 0.224 e. The van der Waals surface area contributed by atoms with E-state index in [1.807, 2.05) is 45.2 Å². The molecule has 2 N–H and O–H groups in total. The zero-order chi connectivity index (χ0) is 13.7. The van der Waals surface area contributed by atoms with Crippen LogP contribution in [0.2, 0.25) is 5.02 Å². The van der Waals surface area contributed by atoms with E-state index in [1.54, 1.807) is 4.90 Å². The molecular formula is C14H21ClN2O. The van der Waals surface area contributed by atoms with Gasteiger partial charge in [0.1, 0.15) is 0 Å². The first-order chi connectivity index (χ1) is 8.45. The van der Waals surface area contributed by atoms with Crippen LogP contribution in [0.1, 0.15) is 38.3 Å². The van der Waals surface area contributed by atoms with Gasteiger partial charge in [-0.05, 0) is 31.0 Å². The van der Waals surface area contributed by atoms with Gasteiger partial charge in [0.15, 0.2) is 0 Å². The first-order valence-electron chi connectivity index (χ1n) is 6.22. The van der Waals surface area contributed by atoms with Crippen LogP contribution in [-0.4, -0.2) is 23.9 Å². The number of hydrogen-bond acceptors (Lipinski definition) is 2. The van der Waals surface area contributed by atoms with Gasteiger partial charge in [0.05, 0.1) is 6.04 Å². The third kappa shape index (κ3) is 4.00. The molecule has 1 aromatic carbocycles. The summed E-state index contributed by atoms with van der Waals surface area (Å²) in [6.07, 6.45) is 1.21. The first-order valence-corrected chi connectivity index (χ1v) is 6.60. The normalized spacial score (nSPS) is 14.1. The van der Waals surface area contributed by atoms with Crippen LogP contribution in [0, 0.1) is 0 Å². The lowest BCUT2D eigenvalue weighted by atomic mass is 10.1. The van der Waals surface area contributed by atoms with E-state index in [9.17, 15) is 4.79 Å². The maximum atomic E-state index is 12.0. The molecule has 0 bridgehead atoms. The Kier molecular flexibility index (Phi) is 5.63. The van der Waals surface area contributed by atoms with Crippen molar-refractivity contribution in [2.24, 2.45) is 5.73 Å². The van der Waals surface area contributed by atoms with Gasteiger partial charge in [0, 0.05) is 24.5 Å². The second-order valence-electron chi connectivity index (χ2n) is 4.60. The molecule has 100 valence electrons. The van der Waals surface area contributed by atoms with Crippen LogP contribution < -0.4 is 5.73 Å². The summed E-state index contributed by atoms with van der Waals surface area (Å²) in [6, 6.07) is 7.52. The number of nitrogens with two attached hydrogens (primary N) is 1. The van der Waals surface area contributed by atoms with E-state index < -0.39 is 0 Å². The molecule has 1 amide bonds. The Labute approximate surface area is 114 Å². The zero-order valence-corrected chi connectivity index (χ0v) is 11.9. The van der Waals surface area contributed by atoms with Crippen LogP contribution in [0.5, 0.6) is 0 Å². The van der Waals surface area contributed by atoms with E-state index in [0.717, 1.165) is 12.0 Å². The fourth-order valence-corrected chi connectivity index (χ4v) is 1.82. The third-order valence-electron chi connectivity index (χ3n) is 3.29.